The lowest BCUT2D eigenvalue weighted by Crippen LogP contribution is -2.06. The fraction of sp³-hybridized carbons (Fsp3) is 0.214. The number of rotatable bonds is 3. The van der Waals surface area contributed by atoms with E-state index in [4.69, 9.17) is 5.26 Å². The molecule has 0 N–H and O–H groups in total. The molecule has 108 valence electrons. The first-order chi connectivity index (χ1) is 9.82. The number of nitrogens with zero attached hydrogens (tertiary/aromatic N) is 4. The van der Waals surface area contributed by atoms with Crippen LogP contribution in [0.15, 0.2) is 36.4 Å². The van der Waals surface area contributed by atoms with Crippen LogP contribution in [0.5, 0.6) is 0 Å². The normalized spacial score (nSPS) is 11.2. The SMILES string of the molecule is C=C(C)Cn1nnc(C#N)c1-c1ccc(C(F)(F)F)cc1. The van der Waals surface area contributed by atoms with Crippen LogP contribution in [0.1, 0.15) is 18.2 Å². The fourth-order valence-corrected chi connectivity index (χ4v) is 1.86. The molecule has 0 saturated carbocycles. The Labute approximate surface area is 119 Å². The molecule has 0 aliphatic heterocycles. The number of alkyl halides is 3. The summed E-state index contributed by atoms with van der Waals surface area (Å²) in [7, 11) is 0. The molecule has 0 aliphatic rings. The van der Waals surface area contributed by atoms with Gasteiger partial charge in [-0.25, -0.2) is 4.68 Å². The van der Waals surface area contributed by atoms with Gasteiger partial charge in [0.25, 0.3) is 0 Å². The minimum atomic E-state index is -4.40. The molecule has 21 heavy (non-hydrogen) atoms. The molecule has 4 nitrogen and oxygen atoms in total. The second-order valence-electron chi connectivity index (χ2n) is 4.59. The van der Waals surface area contributed by atoms with Crippen molar-refractivity contribution in [2.75, 3.05) is 0 Å². The number of nitriles is 1. The van der Waals surface area contributed by atoms with E-state index in [1.54, 1.807) is 6.92 Å². The van der Waals surface area contributed by atoms with Crippen LogP contribution in [0.25, 0.3) is 11.3 Å². The molecule has 1 heterocycles. The van der Waals surface area contributed by atoms with Crippen molar-refractivity contribution < 1.29 is 13.2 Å². The zero-order valence-corrected chi connectivity index (χ0v) is 11.1. The van der Waals surface area contributed by atoms with Gasteiger partial charge >= 0.3 is 6.18 Å². The van der Waals surface area contributed by atoms with Crippen molar-refractivity contribution in [1.29, 1.82) is 5.26 Å². The highest BCUT2D eigenvalue weighted by Crippen LogP contribution is 2.31. The van der Waals surface area contributed by atoms with E-state index in [1.807, 2.05) is 6.07 Å². The molecule has 2 aromatic rings. The smallest absolute Gasteiger partial charge is 0.239 e. The van der Waals surface area contributed by atoms with Gasteiger partial charge in [-0.15, -0.1) is 5.10 Å². The minimum absolute atomic E-state index is 0.0657. The number of hydrogen-bond donors (Lipinski definition) is 0. The predicted molar refractivity (Wildman–Crippen MR) is 70.0 cm³/mol. The minimum Gasteiger partial charge on any atom is -0.239 e. The molecule has 0 aliphatic carbocycles. The third-order valence-corrected chi connectivity index (χ3v) is 2.75. The van der Waals surface area contributed by atoms with E-state index in [2.05, 4.69) is 16.9 Å². The number of benzene rings is 1. The second kappa shape index (κ2) is 5.40. The van der Waals surface area contributed by atoms with Gasteiger partial charge in [-0.05, 0) is 19.1 Å². The van der Waals surface area contributed by atoms with Crippen molar-refractivity contribution in [2.24, 2.45) is 0 Å². The molecule has 0 radical (unpaired) electrons. The highest BCUT2D eigenvalue weighted by Gasteiger charge is 2.30. The summed E-state index contributed by atoms with van der Waals surface area (Å²) in [5.74, 6) is 0. The molecule has 7 heteroatoms. The molecule has 0 bridgehead atoms. The third kappa shape index (κ3) is 3.11. The molecule has 0 saturated heterocycles. The first-order valence-corrected chi connectivity index (χ1v) is 5.98. The Bertz CT molecular complexity index is 705. The fourth-order valence-electron chi connectivity index (χ4n) is 1.86. The van der Waals surface area contributed by atoms with Crippen LogP contribution in [0, 0.1) is 11.3 Å². The second-order valence-corrected chi connectivity index (χ2v) is 4.59. The lowest BCUT2D eigenvalue weighted by atomic mass is 10.1. The molecule has 2 rings (SSSR count). The van der Waals surface area contributed by atoms with Crippen LogP contribution >= 0.6 is 0 Å². The number of allylic oxidation sites excluding steroid dienone is 1. The summed E-state index contributed by atoms with van der Waals surface area (Å²) >= 11 is 0. The van der Waals surface area contributed by atoms with Crippen LogP contribution in [-0.2, 0) is 12.7 Å². The highest BCUT2D eigenvalue weighted by molar-refractivity contribution is 5.65. The Hall–Kier alpha value is -2.62. The number of hydrogen-bond acceptors (Lipinski definition) is 3. The molecule has 1 aromatic carbocycles. The van der Waals surface area contributed by atoms with E-state index >= 15 is 0 Å². The van der Waals surface area contributed by atoms with Crippen molar-refractivity contribution in [2.45, 2.75) is 19.6 Å². The van der Waals surface area contributed by atoms with Gasteiger partial charge < -0.3 is 0 Å². The Kier molecular flexibility index (Phi) is 3.80. The maximum Gasteiger partial charge on any atom is 0.416 e. The molecule has 0 spiro atoms. The monoisotopic (exact) mass is 292 g/mol. The average molecular weight is 292 g/mol. The first kappa shape index (κ1) is 14.8. The van der Waals surface area contributed by atoms with Gasteiger partial charge in [-0.1, -0.05) is 29.5 Å². The Morgan fingerprint density at radius 2 is 1.95 bits per heavy atom. The van der Waals surface area contributed by atoms with E-state index in [0.717, 1.165) is 17.7 Å². The molecule has 0 unspecified atom stereocenters. The van der Waals surface area contributed by atoms with Gasteiger partial charge in [0.1, 0.15) is 11.8 Å². The van der Waals surface area contributed by atoms with Crippen LogP contribution in [0.4, 0.5) is 13.2 Å². The van der Waals surface area contributed by atoms with Crippen LogP contribution in [-0.4, -0.2) is 15.0 Å². The van der Waals surface area contributed by atoms with Crippen LogP contribution < -0.4 is 0 Å². The maximum absolute atomic E-state index is 12.6. The average Bonchev–Trinajstić information content (AvgIpc) is 2.80. The highest BCUT2D eigenvalue weighted by atomic mass is 19.4. The van der Waals surface area contributed by atoms with Gasteiger partial charge in [0, 0.05) is 5.56 Å². The van der Waals surface area contributed by atoms with Gasteiger partial charge in [-0.3, -0.25) is 0 Å². The number of aromatic nitrogens is 3. The largest absolute Gasteiger partial charge is 0.416 e. The van der Waals surface area contributed by atoms with Gasteiger partial charge in [0.2, 0.25) is 0 Å². The van der Waals surface area contributed by atoms with Crippen molar-refractivity contribution in [3.63, 3.8) is 0 Å². The summed E-state index contributed by atoms with van der Waals surface area (Å²) in [5.41, 5.74) is 0.942. The summed E-state index contributed by atoms with van der Waals surface area (Å²) in [5, 5.41) is 16.6. The standard InChI is InChI=1S/C14H11F3N4/c1-9(2)8-21-13(12(7-18)19-20-21)10-3-5-11(6-4-10)14(15,16)17/h3-6H,1,8H2,2H3. The van der Waals surface area contributed by atoms with E-state index < -0.39 is 11.7 Å². The van der Waals surface area contributed by atoms with Crippen molar-refractivity contribution in [3.8, 4) is 17.3 Å². The summed E-state index contributed by atoms with van der Waals surface area (Å²) in [4.78, 5) is 0. The Morgan fingerprint density at radius 3 is 2.43 bits per heavy atom. The number of halogens is 3. The molecular weight excluding hydrogens is 281 g/mol. The third-order valence-electron chi connectivity index (χ3n) is 2.75. The molecule has 0 atom stereocenters. The maximum atomic E-state index is 12.6. The van der Waals surface area contributed by atoms with Crippen molar-refractivity contribution >= 4 is 0 Å². The van der Waals surface area contributed by atoms with E-state index in [-0.39, 0.29) is 5.69 Å². The van der Waals surface area contributed by atoms with Crippen molar-refractivity contribution in [1.82, 2.24) is 15.0 Å². The van der Waals surface area contributed by atoms with E-state index in [1.165, 1.54) is 16.8 Å². The first-order valence-electron chi connectivity index (χ1n) is 5.98. The lowest BCUT2D eigenvalue weighted by Gasteiger charge is -2.09. The summed E-state index contributed by atoms with van der Waals surface area (Å²) in [6.07, 6.45) is -4.40. The van der Waals surface area contributed by atoms with Gasteiger partial charge in [0.15, 0.2) is 5.69 Å². The van der Waals surface area contributed by atoms with Crippen molar-refractivity contribution in [3.05, 3.63) is 47.7 Å². The Balaban J connectivity index is 2.48. The zero-order chi connectivity index (χ0) is 15.6. The van der Waals surface area contributed by atoms with E-state index in [9.17, 15) is 13.2 Å². The van der Waals surface area contributed by atoms with E-state index in [0.29, 0.717) is 17.8 Å². The summed E-state index contributed by atoms with van der Waals surface area (Å²) in [6.45, 7) is 5.87. The van der Waals surface area contributed by atoms with Crippen LogP contribution in [0.3, 0.4) is 0 Å². The summed E-state index contributed by atoms with van der Waals surface area (Å²) in [6, 6.07) is 6.43. The van der Waals surface area contributed by atoms with Gasteiger partial charge in [-0.2, -0.15) is 18.4 Å². The lowest BCUT2D eigenvalue weighted by molar-refractivity contribution is -0.137. The zero-order valence-electron chi connectivity index (χ0n) is 11.1. The molecule has 0 amide bonds. The van der Waals surface area contributed by atoms with Crippen LogP contribution in [0.2, 0.25) is 0 Å². The Morgan fingerprint density at radius 1 is 1.33 bits per heavy atom. The topological polar surface area (TPSA) is 54.5 Å². The predicted octanol–water partition coefficient (Wildman–Crippen LogP) is 3.41. The molecular formula is C14H11F3N4. The quantitative estimate of drug-likeness (QED) is 0.815. The summed E-state index contributed by atoms with van der Waals surface area (Å²) < 4.78 is 39.1. The van der Waals surface area contributed by atoms with Gasteiger partial charge in [0.05, 0.1) is 12.1 Å². The molecule has 0 fully saturated rings. The molecule has 1 aromatic heterocycles.